The molecule has 0 aromatic heterocycles. The fraction of sp³-hybridized carbons (Fsp3) is 0.444. The second kappa shape index (κ2) is 13.0. The topological polar surface area (TPSA) is 117 Å². The summed E-state index contributed by atoms with van der Waals surface area (Å²) in [5.41, 5.74) is 1.69. The summed E-state index contributed by atoms with van der Waals surface area (Å²) in [6.45, 7) is 5.38. The van der Waals surface area contributed by atoms with Gasteiger partial charge in [-0.05, 0) is 50.0 Å². The number of aliphatic hydroxyl groups is 1. The van der Waals surface area contributed by atoms with Gasteiger partial charge in [0.15, 0.2) is 0 Å². The van der Waals surface area contributed by atoms with Gasteiger partial charge in [0, 0.05) is 36.7 Å². The monoisotopic (exact) mass is 705 g/mol. The number of β-amino-alcohol motifs (C(OH)–C–C–N with tert-alkyl or cyclic N) is 1. The van der Waals surface area contributed by atoms with E-state index in [1.165, 1.54) is 4.90 Å². The number of rotatable bonds is 4. The lowest BCUT2D eigenvalue weighted by atomic mass is 9.74. The van der Waals surface area contributed by atoms with E-state index >= 15 is 0 Å². The van der Waals surface area contributed by atoms with Crippen molar-refractivity contribution in [3.63, 3.8) is 0 Å². The quantitative estimate of drug-likeness (QED) is 0.378. The Kier molecular flexibility index (Phi) is 9.17. The molecule has 248 valence electrons. The molecule has 10 nitrogen and oxygen atoms in total. The number of likely N-dealkylation sites (N-methyl/N-ethyl adjacent to an activating group) is 1. The third kappa shape index (κ3) is 5.52. The van der Waals surface area contributed by atoms with Crippen LogP contribution in [0, 0.1) is 25.7 Å². The number of amides is 3. The SMILES string of the molecule is Cc1cccc(C)c1N1C/C=C\CCC(=O)N(C)[C@H](C)[C@@H](c2ccccc2)OC(=O)[C@@H]2[C@H]3O[C@@]4(C=C3Br)[C@H](C1=O)N(CCO)C(=O)[C@@H]24. The summed E-state index contributed by atoms with van der Waals surface area (Å²) < 4.78 is 13.4. The van der Waals surface area contributed by atoms with E-state index in [1.807, 2.05) is 81.5 Å². The number of carbonyl (C=O) groups is 4. The van der Waals surface area contributed by atoms with Crippen LogP contribution in [-0.4, -0.2) is 89.1 Å². The number of allylic oxidation sites excluding steroid dienone is 1. The number of halogens is 1. The van der Waals surface area contributed by atoms with Gasteiger partial charge in [0.05, 0.1) is 18.6 Å². The van der Waals surface area contributed by atoms with Crippen molar-refractivity contribution in [3.8, 4) is 0 Å². The van der Waals surface area contributed by atoms with Crippen LogP contribution in [0.1, 0.15) is 42.6 Å². The van der Waals surface area contributed by atoms with Gasteiger partial charge in [-0.3, -0.25) is 19.2 Å². The second-order valence-corrected chi connectivity index (χ2v) is 13.7. The van der Waals surface area contributed by atoms with Crippen LogP contribution < -0.4 is 4.90 Å². The lowest BCUT2D eigenvalue weighted by Crippen LogP contribution is -2.56. The minimum absolute atomic E-state index is 0.109. The number of ether oxygens (including phenoxy) is 2. The van der Waals surface area contributed by atoms with E-state index in [1.54, 1.807) is 22.9 Å². The Bertz CT molecular complexity index is 1620. The van der Waals surface area contributed by atoms with Crippen LogP contribution in [0.4, 0.5) is 5.69 Å². The third-order valence-corrected chi connectivity index (χ3v) is 10.7. The largest absolute Gasteiger partial charge is 0.455 e. The lowest BCUT2D eigenvalue weighted by Gasteiger charge is -2.36. The number of cyclic esters (lactones) is 1. The number of likely N-dealkylation sites (tertiary alicyclic amines) is 1. The summed E-state index contributed by atoms with van der Waals surface area (Å²) in [5.74, 6) is -3.74. The average Bonchev–Trinajstić information content (AvgIpc) is 3.64. The van der Waals surface area contributed by atoms with Crippen LogP contribution >= 0.6 is 15.9 Å². The van der Waals surface area contributed by atoms with Crippen LogP contribution in [0.25, 0.3) is 0 Å². The maximum Gasteiger partial charge on any atom is 0.313 e. The Balaban J connectivity index is 1.50. The minimum Gasteiger partial charge on any atom is -0.455 e. The van der Waals surface area contributed by atoms with Crippen LogP contribution in [0.15, 0.2) is 71.2 Å². The standard InChI is InChI=1S/C36H40BrN3O7/c1-21-12-11-13-22(2)29(21)39-17-10-6-9-16-26(42)38(4)23(3)30(24-14-7-5-8-15-24)46-35(45)27-28-33(43)40(18-19-41)32(34(39)44)36(28)20-25(37)31(27)47-36/h5-8,10-15,20,23,27-28,30-32,41H,9,16-19H2,1-4H3/b10-6-/t23-,27+,28-,30+,31+,32+,36-/m1/s1. The van der Waals surface area contributed by atoms with Gasteiger partial charge in [-0.15, -0.1) is 0 Å². The molecule has 4 aliphatic rings. The van der Waals surface area contributed by atoms with Crippen LogP contribution in [0.3, 0.4) is 0 Å². The molecule has 2 aromatic rings. The number of aryl methyl sites for hydroxylation is 2. The number of aliphatic hydroxyl groups excluding tert-OH is 1. The first kappa shape index (κ1) is 33.1. The van der Waals surface area contributed by atoms with E-state index in [9.17, 15) is 24.3 Å². The highest BCUT2D eigenvalue weighted by molar-refractivity contribution is 9.11. The van der Waals surface area contributed by atoms with Crippen molar-refractivity contribution in [2.45, 2.75) is 63.5 Å². The number of para-hydroxylation sites is 1. The molecule has 0 saturated carbocycles. The van der Waals surface area contributed by atoms with Crippen molar-refractivity contribution < 1.29 is 33.8 Å². The Morgan fingerprint density at radius 1 is 0.957 bits per heavy atom. The molecular formula is C36H40BrN3O7. The predicted molar refractivity (Wildman–Crippen MR) is 178 cm³/mol. The first-order valence-corrected chi connectivity index (χ1v) is 16.8. The maximum atomic E-state index is 14.9. The highest BCUT2D eigenvalue weighted by atomic mass is 79.9. The van der Waals surface area contributed by atoms with Gasteiger partial charge >= 0.3 is 5.97 Å². The van der Waals surface area contributed by atoms with Gasteiger partial charge in [0.25, 0.3) is 5.91 Å². The highest BCUT2D eigenvalue weighted by Crippen LogP contribution is 2.59. The summed E-state index contributed by atoms with van der Waals surface area (Å²) in [6, 6.07) is 13.3. The number of hydrogen-bond donors (Lipinski definition) is 1. The molecule has 2 fully saturated rings. The van der Waals surface area contributed by atoms with Crippen molar-refractivity contribution >= 4 is 45.3 Å². The summed E-state index contributed by atoms with van der Waals surface area (Å²) >= 11 is 3.59. The van der Waals surface area contributed by atoms with E-state index in [-0.39, 0.29) is 32.0 Å². The van der Waals surface area contributed by atoms with Crippen molar-refractivity contribution in [1.29, 1.82) is 0 Å². The maximum absolute atomic E-state index is 14.9. The van der Waals surface area contributed by atoms with Crippen molar-refractivity contribution in [2.24, 2.45) is 11.8 Å². The molecule has 0 unspecified atom stereocenters. The predicted octanol–water partition coefficient (Wildman–Crippen LogP) is 3.98. The van der Waals surface area contributed by atoms with Crippen LogP contribution in [0.2, 0.25) is 0 Å². The number of carbonyl (C=O) groups excluding carboxylic acids is 4. The zero-order chi connectivity index (χ0) is 33.6. The number of hydrogen-bond acceptors (Lipinski definition) is 7. The Morgan fingerprint density at radius 3 is 2.34 bits per heavy atom. The van der Waals surface area contributed by atoms with Crippen molar-refractivity contribution in [3.05, 3.63) is 87.9 Å². The van der Waals surface area contributed by atoms with Crippen LogP contribution in [0.5, 0.6) is 0 Å². The van der Waals surface area contributed by atoms with Gasteiger partial charge in [-0.2, -0.15) is 0 Å². The molecule has 1 N–H and O–H groups in total. The molecule has 11 heteroatoms. The molecule has 4 heterocycles. The molecule has 6 rings (SSSR count). The second-order valence-electron chi connectivity index (χ2n) is 12.8. The zero-order valence-corrected chi connectivity index (χ0v) is 28.6. The first-order chi connectivity index (χ1) is 22.5. The van der Waals surface area contributed by atoms with E-state index in [4.69, 9.17) is 9.47 Å². The fourth-order valence-corrected chi connectivity index (χ4v) is 8.42. The molecule has 7 atom stereocenters. The molecule has 47 heavy (non-hydrogen) atoms. The van der Waals surface area contributed by atoms with Gasteiger partial charge < -0.3 is 29.3 Å². The van der Waals surface area contributed by atoms with E-state index in [0.29, 0.717) is 22.2 Å². The number of benzene rings is 2. The van der Waals surface area contributed by atoms with Crippen molar-refractivity contribution in [1.82, 2.24) is 9.80 Å². The minimum atomic E-state index is -1.47. The summed E-state index contributed by atoms with van der Waals surface area (Å²) in [7, 11) is 1.70. The fourth-order valence-electron chi connectivity index (χ4n) is 7.69. The van der Waals surface area contributed by atoms with Gasteiger partial charge in [0.2, 0.25) is 11.8 Å². The Hall–Kier alpha value is -3.80. The molecule has 0 radical (unpaired) electrons. The molecule has 1 spiro atoms. The van der Waals surface area contributed by atoms with Gasteiger partial charge in [-0.1, -0.05) is 76.6 Å². The molecule has 3 amide bonds. The van der Waals surface area contributed by atoms with E-state index < -0.39 is 59.5 Å². The molecule has 4 aliphatic heterocycles. The smallest absolute Gasteiger partial charge is 0.313 e. The molecule has 2 aromatic carbocycles. The summed E-state index contributed by atoms with van der Waals surface area (Å²) in [5, 5.41) is 10.1. The third-order valence-electron chi connectivity index (χ3n) is 10.0. The molecular weight excluding hydrogens is 666 g/mol. The van der Waals surface area contributed by atoms with Crippen LogP contribution in [-0.2, 0) is 28.7 Å². The summed E-state index contributed by atoms with van der Waals surface area (Å²) in [4.78, 5) is 61.6. The average molecular weight is 707 g/mol. The zero-order valence-electron chi connectivity index (χ0n) is 27.0. The van der Waals surface area contributed by atoms with E-state index in [2.05, 4.69) is 15.9 Å². The number of nitrogens with zero attached hydrogens (tertiary/aromatic N) is 3. The number of anilines is 1. The lowest BCUT2D eigenvalue weighted by molar-refractivity contribution is -0.164. The normalized spacial score (nSPS) is 32.0. The molecule has 5 bridgehead atoms. The molecule has 2 saturated heterocycles. The summed E-state index contributed by atoms with van der Waals surface area (Å²) in [6.07, 6.45) is 4.49. The van der Waals surface area contributed by atoms with E-state index in [0.717, 1.165) is 11.1 Å². The number of esters is 1. The Morgan fingerprint density at radius 2 is 1.66 bits per heavy atom. The number of fused-ring (bicyclic) bond motifs is 2. The Labute approximate surface area is 283 Å². The van der Waals surface area contributed by atoms with Gasteiger partial charge in [-0.25, -0.2) is 0 Å². The van der Waals surface area contributed by atoms with Crippen molar-refractivity contribution in [2.75, 3.05) is 31.6 Å². The van der Waals surface area contributed by atoms with Gasteiger partial charge in [0.1, 0.15) is 29.8 Å². The highest BCUT2D eigenvalue weighted by Gasteiger charge is 2.75. The first-order valence-electron chi connectivity index (χ1n) is 16.0. The molecule has 0 aliphatic carbocycles.